The maximum Gasteiger partial charge on any atom is 0.305 e. The van der Waals surface area contributed by atoms with Gasteiger partial charge in [-0.05, 0) is 13.0 Å². The second kappa shape index (κ2) is 9.79. The Bertz CT molecular complexity index is 167. The fraction of sp³-hybridized carbons (Fsp3) is 0.889. The van der Waals surface area contributed by atoms with Crippen molar-refractivity contribution >= 4 is 5.97 Å². The lowest BCUT2D eigenvalue weighted by Crippen LogP contribution is -2.22. The van der Waals surface area contributed by atoms with Crippen LogP contribution < -0.4 is 5.32 Å². The Morgan fingerprint density at radius 2 is 2.13 bits per heavy atom. The number of nitrogens with one attached hydrogen (secondary N) is 1. The van der Waals surface area contributed by atoms with Crippen LogP contribution in [-0.2, 0) is 14.3 Å². The second-order valence-electron chi connectivity index (χ2n) is 2.90. The Hall–Kier alpha value is -0.750. The summed E-state index contributed by atoms with van der Waals surface area (Å²) in [6.45, 7) is 0.882. The van der Waals surface area contributed by atoms with E-state index < -0.39 is 13.0 Å². The summed E-state index contributed by atoms with van der Waals surface area (Å²) in [6, 6.07) is 0. The zero-order valence-electron chi connectivity index (χ0n) is 8.80. The molecule has 6 heteroatoms. The monoisotopic (exact) mass is 225 g/mol. The number of rotatable bonds is 9. The molecule has 0 aromatic heterocycles. The fourth-order valence-corrected chi connectivity index (χ4v) is 0.902. The van der Waals surface area contributed by atoms with Crippen LogP contribution in [0.4, 0.5) is 8.78 Å². The molecule has 0 heterocycles. The molecule has 0 fully saturated rings. The molecule has 1 N–H and O–H groups in total. The largest absolute Gasteiger partial charge is 0.469 e. The minimum atomic E-state index is -2.41. The van der Waals surface area contributed by atoms with Crippen molar-refractivity contribution in [1.82, 2.24) is 5.32 Å². The summed E-state index contributed by atoms with van der Waals surface area (Å²) in [5.41, 5.74) is 0. The van der Waals surface area contributed by atoms with E-state index in [1.54, 1.807) is 0 Å². The summed E-state index contributed by atoms with van der Waals surface area (Å²) >= 11 is 0. The van der Waals surface area contributed by atoms with E-state index in [0.29, 0.717) is 25.9 Å². The Balaban J connectivity index is 3.02. The van der Waals surface area contributed by atoms with E-state index in [-0.39, 0.29) is 12.6 Å². The topological polar surface area (TPSA) is 47.6 Å². The van der Waals surface area contributed by atoms with Crippen LogP contribution in [-0.4, -0.2) is 45.8 Å². The minimum absolute atomic E-state index is 0.245. The maximum absolute atomic E-state index is 11.6. The molecule has 15 heavy (non-hydrogen) atoms. The normalized spacial score (nSPS) is 10.7. The summed E-state index contributed by atoms with van der Waals surface area (Å²) < 4.78 is 32.3. The zero-order valence-corrected chi connectivity index (χ0v) is 8.80. The quantitative estimate of drug-likeness (QED) is 0.466. The number of alkyl halides is 2. The average Bonchev–Trinajstić information content (AvgIpc) is 2.21. The molecule has 0 aliphatic heterocycles. The van der Waals surface area contributed by atoms with Gasteiger partial charge >= 0.3 is 5.97 Å². The van der Waals surface area contributed by atoms with Gasteiger partial charge in [0.2, 0.25) is 0 Å². The summed E-state index contributed by atoms with van der Waals surface area (Å²) in [4.78, 5) is 10.7. The van der Waals surface area contributed by atoms with E-state index in [9.17, 15) is 13.6 Å². The van der Waals surface area contributed by atoms with Crippen LogP contribution in [0.5, 0.6) is 0 Å². The first kappa shape index (κ1) is 14.2. The van der Waals surface area contributed by atoms with Gasteiger partial charge in [-0.3, -0.25) is 4.79 Å². The molecule has 0 radical (unpaired) electrons. The van der Waals surface area contributed by atoms with Crippen LogP contribution >= 0.6 is 0 Å². The third-order valence-corrected chi connectivity index (χ3v) is 1.63. The van der Waals surface area contributed by atoms with Gasteiger partial charge in [-0.2, -0.15) is 0 Å². The van der Waals surface area contributed by atoms with Crippen molar-refractivity contribution in [3.63, 3.8) is 0 Å². The summed E-state index contributed by atoms with van der Waals surface area (Å²) in [6.07, 6.45) is -1.38. The Morgan fingerprint density at radius 3 is 2.73 bits per heavy atom. The van der Waals surface area contributed by atoms with E-state index in [1.165, 1.54) is 7.11 Å². The van der Waals surface area contributed by atoms with Crippen molar-refractivity contribution in [2.75, 3.05) is 33.4 Å². The van der Waals surface area contributed by atoms with Gasteiger partial charge in [0.1, 0.15) is 6.61 Å². The first-order valence-corrected chi connectivity index (χ1v) is 4.80. The van der Waals surface area contributed by atoms with E-state index in [0.717, 1.165) is 0 Å². The zero-order chi connectivity index (χ0) is 11.5. The summed E-state index contributed by atoms with van der Waals surface area (Å²) in [5.74, 6) is -0.245. The van der Waals surface area contributed by atoms with Crippen molar-refractivity contribution in [1.29, 1.82) is 0 Å². The van der Waals surface area contributed by atoms with Crippen molar-refractivity contribution in [2.45, 2.75) is 19.3 Å². The van der Waals surface area contributed by atoms with Crippen LogP contribution in [0.1, 0.15) is 12.8 Å². The van der Waals surface area contributed by atoms with Crippen LogP contribution in [0.25, 0.3) is 0 Å². The van der Waals surface area contributed by atoms with Crippen molar-refractivity contribution in [3.05, 3.63) is 0 Å². The number of hydrogen-bond donors (Lipinski definition) is 1. The van der Waals surface area contributed by atoms with Gasteiger partial charge in [0, 0.05) is 13.0 Å². The molecule has 0 unspecified atom stereocenters. The molecule has 90 valence electrons. The molecule has 0 spiro atoms. The van der Waals surface area contributed by atoms with Crippen LogP contribution in [0, 0.1) is 0 Å². The van der Waals surface area contributed by atoms with E-state index in [4.69, 9.17) is 0 Å². The number of carbonyl (C=O) groups excluding carboxylic acids is 1. The van der Waals surface area contributed by atoms with Gasteiger partial charge in [0.05, 0.1) is 13.7 Å². The fourth-order valence-electron chi connectivity index (χ4n) is 0.902. The third-order valence-electron chi connectivity index (χ3n) is 1.63. The molecule has 0 aliphatic rings. The number of carbonyl (C=O) groups is 1. The lowest BCUT2D eigenvalue weighted by molar-refractivity contribution is -0.140. The maximum atomic E-state index is 11.6. The van der Waals surface area contributed by atoms with E-state index in [2.05, 4.69) is 14.8 Å². The SMILES string of the molecule is COC(=O)CCCNCCOCC(F)F. The standard InChI is InChI=1S/C9H17F2NO3/c1-14-9(13)3-2-4-12-5-6-15-7-8(10)11/h8,12H,2-7H2,1H3. The van der Waals surface area contributed by atoms with Gasteiger partial charge in [0.25, 0.3) is 6.43 Å². The molecule has 0 aromatic rings. The molecule has 0 amide bonds. The summed E-state index contributed by atoms with van der Waals surface area (Å²) in [5, 5.41) is 2.96. The predicted octanol–water partition coefficient (Wildman–Crippen LogP) is 0.811. The van der Waals surface area contributed by atoms with Gasteiger partial charge < -0.3 is 14.8 Å². The highest BCUT2D eigenvalue weighted by Crippen LogP contribution is 1.92. The Morgan fingerprint density at radius 1 is 1.40 bits per heavy atom. The molecular formula is C9H17F2NO3. The van der Waals surface area contributed by atoms with Crippen molar-refractivity contribution in [3.8, 4) is 0 Å². The lowest BCUT2D eigenvalue weighted by Gasteiger charge is -2.05. The number of halogens is 2. The van der Waals surface area contributed by atoms with E-state index in [1.807, 2.05) is 0 Å². The van der Waals surface area contributed by atoms with Crippen LogP contribution in [0.2, 0.25) is 0 Å². The third kappa shape index (κ3) is 11.2. The number of methoxy groups -OCH3 is 1. The van der Waals surface area contributed by atoms with Crippen molar-refractivity contribution in [2.24, 2.45) is 0 Å². The Labute approximate surface area is 87.9 Å². The first-order valence-electron chi connectivity index (χ1n) is 4.80. The molecule has 4 nitrogen and oxygen atoms in total. The van der Waals surface area contributed by atoms with Crippen LogP contribution in [0.15, 0.2) is 0 Å². The molecule has 0 aromatic carbocycles. The Kier molecular flexibility index (Phi) is 9.30. The van der Waals surface area contributed by atoms with Gasteiger partial charge in [-0.1, -0.05) is 0 Å². The molecule has 0 rings (SSSR count). The minimum Gasteiger partial charge on any atom is -0.469 e. The average molecular weight is 225 g/mol. The van der Waals surface area contributed by atoms with E-state index >= 15 is 0 Å². The van der Waals surface area contributed by atoms with Gasteiger partial charge in [0.15, 0.2) is 0 Å². The number of hydrogen-bond acceptors (Lipinski definition) is 4. The second-order valence-corrected chi connectivity index (χ2v) is 2.90. The van der Waals surface area contributed by atoms with Crippen LogP contribution in [0.3, 0.4) is 0 Å². The first-order chi connectivity index (χ1) is 7.16. The number of ether oxygens (including phenoxy) is 2. The lowest BCUT2D eigenvalue weighted by atomic mass is 10.3. The molecule has 0 saturated carbocycles. The highest BCUT2D eigenvalue weighted by Gasteiger charge is 2.01. The highest BCUT2D eigenvalue weighted by molar-refractivity contribution is 5.68. The summed E-state index contributed by atoms with van der Waals surface area (Å²) in [7, 11) is 1.34. The molecular weight excluding hydrogens is 208 g/mol. The molecule has 0 atom stereocenters. The smallest absolute Gasteiger partial charge is 0.305 e. The molecule has 0 bridgehead atoms. The predicted molar refractivity (Wildman–Crippen MR) is 50.9 cm³/mol. The van der Waals surface area contributed by atoms with Crippen molar-refractivity contribution < 1.29 is 23.0 Å². The molecule has 0 aliphatic carbocycles. The molecule has 0 saturated heterocycles. The van der Waals surface area contributed by atoms with Gasteiger partial charge in [-0.15, -0.1) is 0 Å². The van der Waals surface area contributed by atoms with Gasteiger partial charge in [-0.25, -0.2) is 8.78 Å². The number of esters is 1. The highest BCUT2D eigenvalue weighted by atomic mass is 19.3.